The quantitative estimate of drug-likeness (QED) is 0.817. The summed E-state index contributed by atoms with van der Waals surface area (Å²) in [5, 5.41) is 0. The highest BCUT2D eigenvalue weighted by atomic mass is 79.9. The number of likely N-dealkylation sites (N-methyl/N-ethyl adjacent to an activating group) is 1. The van der Waals surface area contributed by atoms with Gasteiger partial charge in [0.1, 0.15) is 4.21 Å². The standard InChI is InChI=1S/C11H16BrNO3S2/c1-2-13(8-9-4-3-7-16-9)18(14,15)11-6-5-10(12)17-11/h5-6,9H,2-4,7-8H2,1H3. The van der Waals surface area contributed by atoms with Crippen molar-refractivity contribution in [1.82, 2.24) is 4.31 Å². The zero-order valence-corrected chi connectivity index (χ0v) is 13.4. The van der Waals surface area contributed by atoms with Gasteiger partial charge in [-0.1, -0.05) is 6.92 Å². The van der Waals surface area contributed by atoms with Crippen LogP contribution < -0.4 is 0 Å². The second kappa shape index (κ2) is 6.00. The van der Waals surface area contributed by atoms with Crippen molar-refractivity contribution in [2.75, 3.05) is 19.7 Å². The number of hydrogen-bond acceptors (Lipinski definition) is 4. The second-order valence-corrected chi connectivity index (χ2v) is 8.78. The Morgan fingerprint density at radius 1 is 1.56 bits per heavy atom. The molecule has 0 aliphatic carbocycles. The maximum atomic E-state index is 12.4. The Morgan fingerprint density at radius 3 is 2.83 bits per heavy atom. The monoisotopic (exact) mass is 353 g/mol. The fraction of sp³-hybridized carbons (Fsp3) is 0.636. The Balaban J connectivity index is 2.15. The SMILES string of the molecule is CCN(CC1CCCO1)S(=O)(=O)c1ccc(Br)s1. The Hall–Kier alpha value is 0.0500. The highest BCUT2D eigenvalue weighted by Gasteiger charge is 2.28. The molecule has 1 aliphatic rings. The minimum atomic E-state index is -3.38. The van der Waals surface area contributed by atoms with Crippen molar-refractivity contribution in [3.8, 4) is 0 Å². The highest BCUT2D eigenvalue weighted by molar-refractivity contribution is 9.11. The van der Waals surface area contributed by atoms with Crippen LogP contribution in [-0.2, 0) is 14.8 Å². The zero-order valence-electron chi connectivity index (χ0n) is 10.1. The molecule has 0 aromatic carbocycles. The molecule has 0 N–H and O–H groups in total. The van der Waals surface area contributed by atoms with Crippen LogP contribution in [0, 0.1) is 0 Å². The molecule has 1 saturated heterocycles. The molecular weight excluding hydrogens is 338 g/mol. The van der Waals surface area contributed by atoms with Crippen LogP contribution in [0.4, 0.5) is 0 Å². The van der Waals surface area contributed by atoms with Gasteiger partial charge in [-0.3, -0.25) is 0 Å². The summed E-state index contributed by atoms with van der Waals surface area (Å²) in [7, 11) is -3.38. The molecule has 1 unspecified atom stereocenters. The minimum absolute atomic E-state index is 0.0446. The van der Waals surface area contributed by atoms with Crippen molar-refractivity contribution in [2.45, 2.75) is 30.1 Å². The summed E-state index contributed by atoms with van der Waals surface area (Å²) in [5.41, 5.74) is 0. The summed E-state index contributed by atoms with van der Waals surface area (Å²) in [6.45, 7) is 3.52. The lowest BCUT2D eigenvalue weighted by molar-refractivity contribution is 0.0947. The fourth-order valence-corrected chi connectivity index (χ4v) is 5.62. The predicted octanol–water partition coefficient (Wildman–Crippen LogP) is 2.70. The van der Waals surface area contributed by atoms with Crippen molar-refractivity contribution in [3.05, 3.63) is 15.9 Å². The lowest BCUT2D eigenvalue weighted by Crippen LogP contribution is -2.36. The van der Waals surface area contributed by atoms with E-state index in [0.717, 1.165) is 23.2 Å². The van der Waals surface area contributed by atoms with Gasteiger partial charge in [0, 0.05) is 19.7 Å². The molecule has 0 saturated carbocycles. The normalized spacial score (nSPS) is 20.7. The summed E-state index contributed by atoms with van der Waals surface area (Å²) in [6, 6.07) is 3.40. The van der Waals surface area contributed by atoms with Crippen LogP contribution in [-0.4, -0.2) is 38.5 Å². The predicted molar refractivity (Wildman–Crippen MR) is 75.4 cm³/mol. The Kier molecular flexibility index (Phi) is 4.82. The first-order chi connectivity index (χ1) is 8.54. The number of thiophene rings is 1. The average molecular weight is 354 g/mol. The van der Waals surface area contributed by atoms with Crippen LogP contribution in [0.25, 0.3) is 0 Å². The molecule has 1 aromatic heterocycles. The van der Waals surface area contributed by atoms with Crippen LogP contribution in [0.1, 0.15) is 19.8 Å². The number of rotatable bonds is 5. The lowest BCUT2D eigenvalue weighted by Gasteiger charge is -2.22. The topological polar surface area (TPSA) is 46.6 Å². The maximum Gasteiger partial charge on any atom is 0.252 e. The third-order valence-corrected chi connectivity index (χ3v) is 6.96. The van der Waals surface area contributed by atoms with Gasteiger partial charge in [-0.25, -0.2) is 8.42 Å². The van der Waals surface area contributed by atoms with E-state index >= 15 is 0 Å². The van der Waals surface area contributed by atoms with Crippen LogP contribution >= 0.6 is 27.3 Å². The fourth-order valence-electron chi connectivity index (χ4n) is 1.98. The lowest BCUT2D eigenvalue weighted by atomic mass is 10.2. The number of sulfonamides is 1. The van der Waals surface area contributed by atoms with E-state index in [-0.39, 0.29) is 6.10 Å². The van der Waals surface area contributed by atoms with Crippen molar-refractivity contribution in [1.29, 1.82) is 0 Å². The van der Waals surface area contributed by atoms with E-state index in [4.69, 9.17) is 4.74 Å². The average Bonchev–Trinajstić information content (AvgIpc) is 2.96. The van der Waals surface area contributed by atoms with Gasteiger partial charge in [-0.15, -0.1) is 11.3 Å². The third kappa shape index (κ3) is 3.14. The van der Waals surface area contributed by atoms with Crippen LogP contribution in [0.3, 0.4) is 0 Å². The molecule has 0 bridgehead atoms. The van der Waals surface area contributed by atoms with Gasteiger partial charge in [-0.05, 0) is 40.9 Å². The van der Waals surface area contributed by atoms with E-state index in [1.807, 2.05) is 6.92 Å². The summed E-state index contributed by atoms with van der Waals surface area (Å²) in [6.07, 6.45) is 2.01. The van der Waals surface area contributed by atoms with Crippen molar-refractivity contribution in [3.63, 3.8) is 0 Å². The van der Waals surface area contributed by atoms with Crippen LogP contribution in [0.5, 0.6) is 0 Å². The van der Waals surface area contributed by atoms with Gasteiger partial charge in [0.15, 0.2) is 0 Å². The summed E-state index contributed by atoms with van der Waals surface area (Å²) >= 11 is 4.54. The van der Waals surface area contributed by atoms with Crippen molar-refractivity contribution < 1.29 is 13.2 Å². The van der Waals surface area contributed by atoms with E-state index < -0.39 is 10.0 Å². The summed E-state index contributed by atoms with van der Waals surface area (Å²) in [4.78, 5) is 0. The zero-order chi connectivity index (χ0) is 13.2. The molecule has 0 radical (unpaired) electrons. The Morgan fingerprint density at radius 2 is 2.33 bits per heavy atom. The molecule has 1 atom stereocenters. The number of halogens is 1. The van der Waals surface area contributed by atoms with E-state index in [1.54, 1.807) is 12.1 Å². The van der Waals surface area contributed by atoms with Gasteiger partial charge in [0.2, 0.25) is 0 Å². The first-order valence-electron chi connectivity index (χ1n) is 5.91. The first kappa shape index (κ1) is 14.5. The number of ether oxygens (including phenoxy) is 1. The van der Waals surface area contributed by atoms with Crippen molar-refractivity contribution in [2.24, 2.45) is 0 Å². The third-order valence-electron chi connectivity index (χ3n) is 2.93. The van der Waals surface area contributed by atoms with Gasteiger partial charge in [0.05, 0.1) is 9.89 Å². The summed E-state index contributed by atoms with van der Waals surface area (Å²) < 4.78 is 33.1. The van der Waals surface area contributed by atoms with E-state index in [9.17, 15) is 8.42 Å². The largest absolute Gasteiger partial charge is 0.377 e. The molecule has 2 heterocycles. The first-order valence-corrected chi connectivity index (χ1v) is 8.96. The van der Waals surface area contributed by atoms with Crippen LogP contribution in [0.2, 0.25) is 0 Å². The maximum absolute atomic E-state index is 12.4. The van der Waals surface area contributed by atoms with Crippen LogP contribution in [0.15, 0.2) is 20.1 Å². The van der Waals surface area contributed by atoms with Gasteiger partial charge < -0.3 is 4.74 Å². The molecule has 1 fully saturated rings. The van der Waals surface area contributed by atoms with Gasteiger partial charge in [0.25, 0.3) is 10.0 Å². The molecule has 18 heavy (non-hydrogen) atoms. The molecule has 1 aromatic rings. The Bertz CT molecular complexity index is 494. The molecule has 2 rings (SSSR count). The van der Waals surface area contributed by atoms with Crippen molar-refractivity contribution >= 4 is 37.3 Å². The molecule has 102 valence electrons. The van der Waals surface area contributed by atoms with Gasteiger partial charge in [-0.2, -0.15) is 4.31 Å². The second-order valence-electron chi connectivity index (χ2n) is 4.15. The van der Waals surface area contributed by atoms with Gasteiger partial charge >= 0.3 is 0 Å². The molecule has 4 nitrogen and oxygen atoms in total. The van der Waals surface area contributed by atoms with E-state index in [0.29, 0.717) is 17.3 Å². The van der Waals surface area contributed by atoms with E-state index in [2.05, 4.69) is 15.9 Å². The summed E-state index contributed by atoms with van der Waals surface area (Å²) in [5.74, 6) is 0. The molecular formula is C11H16BrNO3S2. The number of hydrogen-bond donors (Lipinski definition) is 0. The Labute approximate surface area is 120 Å². The highest BCUT2D eigenvalue weighted by Crippen LogP contribution is 2.29. The molecule has 0 amide bonds. The molecule has 0 spiro atoms. The molecule has 1 aliphatic heterocycles. The smallest absolute Gasteiger partial charge is 0.252 e. The minimum Gasteiger partial charge on any atom is -0.377 e. The molecule has 7 heteroatoms. The number of nitrogens with zero attached hydrogens (tertiary/aromatic N) is 1. The van der Waals surface area contributed by atoms with E-state index in [1.165, 1.54) is 15.6 Å².